The molecule has 1 heterocycles. The van der Waals surface area contributed by atoms with E-state index in [4.69, 9.17) is 0 Å². The Hall–Kier alpha value is -1.75. The molecule has 20 heavy (non-hydrogen) atoms. The van der Waals surface area contributed by atoms with E-state index in [1.165, 1.54) is 0 Å². The molecule has 0 radical (unpaired) electrons. The van der Waals surface area contributed by atoms with Crippen LogP contribution in [0.5, 0.6) is 0 Å². The predicted octanol–water partition coefficient (Wildman–Crippen LogP) is 2.76. The maximum Gasteiger partial charge on any atom is 0.270 e. The first-order valence-electron chi connectivity index (χ1n) is 6.54. The zero-order valence-electron chi connectivity index (χ0n) is 11.9. The smallest absolute Gasteiger partial charge is 0.270 e. The molecule has 1 unspecified atom stereocenters. The van der Waals surface area contributed by atoms with Crippen LogP contribution < -0.4 is 10.6 Å². The average Bonchev–Trinajstić information content (AvgIpc) is 2.50. The highest BCUT2D eigenvalue weighted by atomic mass is 32.2. The Morgan fingerprint density at radius 3 is 2.85 bits per heavy atom. The molecule has 2 N–H and O–H groups in total. The topological polar surface area (TPSA) is 54.0 Å². The van der Waals surface area contributed by atoms with Crippen molar-refractivity contribution in [1.82, 2.24) is 10.3 Å². The molecule has 106 valence electrons. The largest absolute Gasteiger partial charge is 0.373 e. The van der Waals surface area contributed by atoms with E-state index < -0.39 is 0 Å². The number of pyridine rings is 1. The van der Waals surface area contributed by atoms with Gasteiger partial charge in [0.2, 0.25) is 0 Å². The third-order valence-corrected chi connectivity index (χ3v) is 4.13. The van der Waals surface area contributed by atoms with Gasteiger partial charge in [0.1, 0.15) is 11.5 Å². The maximum absolute atomic E-state index is 12.2. The van der Waals surface area contributed by atoms with E-state index in [1.54, 1.807) is 11.8 Å². The molecular weight excluding hydrogens is 270 g/mol. The minimum Gasteiger partial charge on any atom is -0.373 e. The van der Waals surface area contributed by atoms with Gasteiger partial charge in [0.05, 0.1) is 0 Å². The fraction of sp³-hybridized carbons (Fsp3) is 0.333. The number of carbonyl (C=O) groups excluding carboxylic acids is 1. The predicted molar refractivity (Wildman–Crippen MR) is 86.6 cm³/mol. The molecule has 2 rings (SSSR count). The Morgan fingerprint density at radius 1 is 1.40 bits per heavy atom. The lowest BCUT2D eigenvalue weighted by atomic mass is 10.1. The minimum atomic E-state index is -0.131. The van der Waals surface area contributed by atoms with Crippen LogP contribution in [0.15, 0.2) is 30.3 Å². The molecule has 0 aliphatic heterocycles. The summed E-state index contributed by atoms with van der Waals surface area (Å²) in [4.78, 5) is 16.6. The number of fused-ring (bicyclic) bond motifs is 1. The first kappa shape index (κ1) is 14.7. The van der Waals surface area contributed by atoms with Crippen LogP contribution in [0, 0.1) is 0 Å². The summed E-state index contributed by atoms with van der Waals surface area (Å²) >= 11 is 1.72. The molecule has 0 fully saturated rings. The summed E-state index contributed by atoms with van der Waals surface area (Å²) in [7, 11) is 1.81. The lowest BCUT2D eigenvalue weighted by molar-refractivity contribution is 0.0949. The summed E-state index contributed by atoms with van der Waals surface area (Å²) in [6, 6.07) is 9.73. The monoisotopic (exact) mass is 289 g/mol. The van der Waals surface area contributed by atoms with Gasteiger partial charge in [0.25, 0.3) is 5.91 Å². The molecule has 5 heteroatoms. The van der Waals surface area contributed by atoms with Gasteiger partial charge in [-0.1, -0.05) is 31.2 Å². The lowest BCUT2D eigenvalue weighted by Gasteiger charge is -2.11. The van der Waals surface area contributed by atoms with Gasteiger partial charge in [-0.05, 0) is 17.7 Å². The summed E-state index contributed by atoms with van der Waals surface area (Å²) in [5, 5.41) is 8.38. The van der Waals surface area contributed by atoms with E-state index in [-0.39, 0.29) is 5.91 Å². The van der Waals surface area contributed by atoms with Gasteiger partial charge in [0, 0.05) is 24.2 Å². The van der Waals surface area contributed by atoms with Crippen LogP contribution in [0.2, 0.25) is 0 Å². The second kappa shape index (κ2) is 6.61. The Balaban J connectivity index is 2.28. The number of amides is 1. The zero-order valence-corrected chi connectivity index (χ0v) is 12.8. The number of rotatable bonds is 5. The molecule has 0 aliphatic rings. The molecule has 4 nitrogen and oxygen atoms in total. The summed E-state index contributed by atoms with van der Waals surface area (Å²) in [5.41, 5.74) is 0.446. The fourth-order valence-electron chi connectivity index (χ4n) is 1.92. The number of carbonyl (C=O) groups is 1. The van der Waals surface area contributed by atoms with E-state index in [0.717, 1.165) is 16.6 Å². The third kappa shape index (κ3) is 3.22. The number of nitrogens with zero attached hydrogens (tertiary/aromatic N) is 1. The molecular formula is C15H19N3OS. The van der Waals surface area contributed by atoms with Crippen LogP contribution in [-0.2, 0) is 0 Å². The number of anilines is 1. The molecule has 1 atom stereocenters. The van der Waals surface area contributed by atoms with Crippen molar-refractivity contribution >= 4 is 34.3 Å². The van der Waals surface area contributed by atoms with Gasteiger partial charge in [-0.15, -0.1) is 0 Å². The molecule has 0 saturated heterocycles. The standard InChI is InChI=1S/C15H19N3OS/c1-10(20-3)9-17-15(19)13-8-11-6-4-5-7-12(11)14(16-2)18-13/h4-8,10H,9H2,1-3H3,(H,16,18)(H,17,19). The highest BCUT2D eigenvalue weighted by molar-refractivity contribution is 7.99. The lowest BCUT2D eigenvalue weighted by Crippen LogP contribution is -2.30. The Labute approximate surface area is 123 Å². The second-order valence-corrected chi connectivity index (χ2v) is 5.86. The van der Waals surface area contributed by atoms with Crippen molar-refractivity contribution in [2.45, 2.75) is 12.2 Å². The molecule has 2 aromatic rings. The highest BCUT2D eigenvalue weighted by Gasteiger charge is 2.12. The van der Waals surface area contributed by atoms with Crippen molar-refractivity contribution in [3.8, 4) is 0 Å². The van der Waals surface area contributed by atoms with Crippen molar-refractivity contribution in [2.24, 2.45) is 0 Å². The number of thioether (sulfide) groups is 1. The van der Waals surface area contributed by atoms with Crippen LogP contribution in [0.3, 0.4) is 0 Å². The van der Waals surface area contributed by atoms with Crippen LogP contribution in [-0.4, -0.2) is 36.0 Å². The van der Waals surface area contributed by atoms with Crippen molar-refractivity contribution in [3.63, 3.8) is 0 Å². The van der Waals surface area contributed by atoms with E-state index in [0.29, 0.717) is 17.5 Å². The quantitative estimate of drug-likeness (QED) is 0.888. The first-order chi connectivity index (χ1) is 9.65. The maximum atomic E-state index is 12.2. The summed E-state index contributed by atoms with van der Waals surface area (Å²) < 4.78 is 0. The van der Waals surface area contributed by atoms with E-state index in [1.807, 2.05) is 43.6 Å². The van der Waals surface area contributed by atoms with E-state index in [2.05, 4.69) is 22.5 Å². The van der Waals surface area contributed by atoms with Gasteiger partial charge < -0.3 is 10.6 Å². The molecule has 0 saturated carbocycles. The zero-order chi connectivity index (χ0) is 14.5. The van der Waals surface area contributed by atoms with Crippen LogP contribution >= 0.6 is 11.8 Å². The average molecular weight is 289 g/mol. The Kier molecular flexibility index (Phi) is 4.84. The van der Waals surface area contributed by atoms with Gasteiger partial charge >= 0.3 is 0 Å². The van der Waals surface area contributed by atoms with Crippen LogP contribution in [0.4, 0.5) is 5.82 Å². The summed E-state index contributed by atoms with van der Waals surface area (Å²) in [5.74, 6) is 0.597. The second-order valence-electron chi connectivity index (χ2n) is 4.58. The van der Waals surface area contributed by atoms with Gasteiger partial charge in [0.15, 0.2) is 0 Å². The van der Waals surface area contributed by atoms with Crippen molar-refractivity contribution < 1.29 is 4.79 Å². The fourth-order valence-corrected chi connectivity index (χ4v) is 2.17. The van der Waals surface area contributed by atoms with Crippen molar-refractivity contribution in [2.75, 3.05) is 25.2 Å². The van der Waals surface area contributed by atoms with E-state index >= 15 is 0 Å². The minimum absolute atomic E-state index is 0.131. The van der Waals surface area contributed by atoms with Gasteiger partial charge in [-0.2, -0.15) is 11.8 Å². The number of nitrogens with one attached hydrogen (secondary N) is 2. The van der Waals surface area contributed by atoms with Crippen molar-refractivity contribution in [3.05, 3.63) is 36.0 Å². The summed E-state index contributed by atoms with van der Waals surface area (Å²) in [6.07, 6.45) is 2.03. The van der Waals surface area contributed by atoms with E-state index in [9.17, 15) is 4.79 Å². The van der Waals surface area contributed by atoms with Crippen LogP contribution in [0.1, 0.15) is 17.4 Å². The third-order valence-electron chi connectivity index (χ3n) is 3.16. The molecule has 1 amide bonds. The Bertz CT molecular complexity index is 615. The SMILES string of the molecule is CNc1nc(C(=O)NCC(C)SC)cc2ccccc12. The number of aromatic nitrogens is 1. The Morgan fingerprint density at radius 2 is 2.15 bits per heavy atom. The molecule has 1 aromatic heterocycles. The molecule has 0 spiro atoms. The first-order valence-corrected chi connectivity index (χ1v) is 7.83. The van der Waals surface area contributed by atoms with Crippen LogP contribution in [0.25, 0.3) is 10.8 Å². The number of hydrogen-bond acceptors (Lipinski definition) is 4. The number of hydrogen-bond donors (Lipinski definition) is 2. The van der Waals surface area contributed by atoms with Gasteiger partial charge in [-0.3, -0.25) is 4.79 Å². The molecule has 0 bridgehead atoms. The molecule has 1 aromatic carbocycles. The normalized spacial score (nSPS) is 12.2. The highest BCUT2D eigenvalue weighted by Crippen LogP contribution is 2.22. The van der Waals surface area contributed by atoms with Crippen molar-refractivity contribution in [1.29, 1.82) is 0 Å². The number of benzene rings is 1. The molecule has 0 aliphatic carbocycles. The summed E-state index contributed by atoms with van der Waals surface area (Å²) in [6.45, 7) is 2.72. The van der Waals surface area contributed by atoms with Gasteiger partial charge in [-0.25, -0.2) is 4.98 Å².